The Morgan fingerprint density at radius 2 is 1.19 bits per heavy atom. The van der Waals surface area contributed by atoms with Gasteiger partial charge in [-0.15, -0.1) is 0 Å². The van der Waals surface area contributed by atoms with Gasteiger partial charge in [0.15, 0.2) is 0 Å². The molecule has 4 aromatic carbocycles. The molecule has 2 nitrogen and oxygen atoms in total. The highest BCUT2D eigenvalue weighted by Crippen LogP contribution is 2.25. The molecule has 0 aromatic heterocycles. The third kappa shape index (κ3) is 4.25. The summed E-state index contributed by atoms with van der Waals surface area (Å²) in [7, 11) is 0. The van der Waals surface area contributed by atoms with Gasteiger partial charge >= 0.3 is 0 Å². The first-order valence-corrected chi connectivity index (χ1v) is 9.37. The predicted octanol–water partition coefficient (Wildman–Crippen LogP) is 5.35. The summed E-state index contributed by atoms with van der Waals surface area (Å²) in [6.07, 6.45) is 0. The Balaban J connectivity index is 1.55. The van der Waals surface area contributed by atoms with Gasteiger partial charge in [-0.3, -0.25) is 5.84 Å². The molecule has 27 heavy (non-hydrogen) atoms. The summed E-state index contributed by atoms with van der Waals surface area (Å²) in [4.78, 5) is 0. The van der Waals surface area contributed by atoms with Crippen LogP contribution in [-0.4, -0.2) is 11.6 Å². The maximum Gasteiger partial charge on any atom is 0.0379 e. The molecule has 0 atom stereocenters. The summed E-state index contributed by atoms with van der Waals surface area (Å²) in [6.45, 7) is 1.49. The van der Waals surface area contributed by atoms with Crippen molar-refractivity contribution in [2.45, 2.75) is 12.5 Å². The molecule has 0 heterocycles. The van der Waals surface area contributed by atoms with Crippen molar-refractivity contribution in [1.29, 1.82) is 0 Å². The molecule has 0 aliphatic heterocycles. The van der Waals surface area contributed by atoms with Gasteiger partial charge in [-0.2, -0.15) is 0 Å². The zero-order chi connectivity index (χ0) is 18.5. The summed E-state index contributed by atoms with van der Waals surface area (Å²) in [5.41, 5.74) is 3.81. The molecule has 0 spiro atoms. The first-order valence-electron chi connectivity index (χ1n) is 9.37. The van der Waals surface area contributed by atoms with E-state index in [0.29, 0.717) is 0 Å². The Kier molecular flexibility index (Phi) is 5.29. The second kappa shape index (κ2) is 8.17. The smallest absolute Gasteiger partial charge is 0.0379 e. The lowest BCUT2D eigenvalue weighted by atomic mass is 9.91. The summed E-state index contributed by atoms with van der Waals surface area (Å²) in [5, 5.41) is 4.44. The van der Waals surface area contributed by atoms with E-state index in [1.54, 1.807) is 0 Å². The molecule has 0 unspecified atom stereocenters. The highest BCUT2D eigenvalue weighted by Gasteiger charge is 2.16. The van der Waals surface area contributed by atoms with E-state index in [9.17, 15) is 0 Å². The van der Waals surface area contributed by atoms with E-state index in [4.69, 9.17) is 5.84 Å². The lowest BCUT2D eigenvalue weighted by molar-refractivity contribution is 0.266. The van der Waals surface area contributed by atoms with Crippen molar-refractivity contribution in [2.24, 2.45) is 5.84 Å². The molecule has 0 saturated carbocycles. The Morgan fingerprint density at radius 1 is 0.630 bits per heavy atom. The van der Waals surface area contributed by atoms with Crippen molar-refractivity contribution in [3.63, 3.8) is 0 Å². The standard InChI is InChI=1S/C25H24N2/c26-27(18-20-15-16-21-9-7-8-14-24(21)17-20)19-25(22-10-3-1-4-11-22)23-12-5-2-6-13-23/h1-17,25H,18-19,26H2. The molecule has 0 bridgehead atoms. The van der Waals surface area contributed by atoms with E-state index >= 15 is 0 Å². The molecule has 0 fully saturated rings. The topological polar surface area (TPSA) is 29.3 Å². The number of nitrogens with two attached hydrogens (primary N) is 1. The Labute approximate surface area is 160 Å². The molecule has 0 saturated heterocycles. The zero-order valence-corrected chi connectivity index (χ0v) is 15.3. The van der Waals surface area contributed by atoms with Crippen LogP contribution in [0.15, 0.2) is 103 Å². The molecule has 0 aliphatic carbocycles. The molecule has 0 amide bonds. The summed E-state index contributed by atoms with van der Waals surface area (Å²) in [6, 6.07) is 36.2. The Hall–Kier alpha value is -2.94. The number of fused-ring (bicyclic) bond motifs is 1. The highest BCUT2D eigenvalue weighted by molar-refractivity contribution is 5.82. The molecule has 0 radical (unpaired) electrons. The van der Waals surface area contributed by atoms with Crippen molar-refractivity contribution in [3.05, 3.63) is 120 Å². The largest absolute Gasteiger partial charge is 0.268 e. The van der Waals surface area contributed by atoms with Gasteiger partial charge in [0.2, 0.25) is 0 Å². The quantitative estimate of drug-likeness (QED) is 0.374. The van der Waals surface area contributed by atoms with Crippen molar-refractivity contribution in [3.8, 4) is 0 Å². The fourth-order valence-electron chi connectivity index (χ4n) is 3.64. The number of rotatable bonds is 6. The molecular weight excluding hydrogens is 328 g/mol. The van der Waals surface area contributed by atoms with Gasteiger partial charge < -0.3 is 0 Å². The Bertz CT molecular complexity index is 957. The number of nitrogens with zero attached hydrogens (tertiary/aromatic N) is 1. The van der Waals surface area contributed by atoms with Crippen molar-refractivity contribution >= 4 is 10.8 Å². The van der Waals surface area contributed by atoms with Crippen molar-refractivity contribution in [1.82, 2.24) is 5.01 Å². The maximum absolute atomic E-state index is 6.46. The van der Waals surface area contributed by atoms with E-state index in [1.807, 2.05) is 5.01 Å². The average molecular weight is 352 g/mol. The number of hydrogen-bond acceptors (Lipinski definition) is 2. The van der Waals surface area contributed by atoms with Crippen LogP contribution in [0.2, 0.25) is 0 Å². The average Bonchev–Trinajstić information content (AvgIpc) is 2.73. The number of benzene rings is 4. The molecule has 4 aromatic rings. The van der Waals surface area contributed by atoms with E-state index in [0.717, 1.165) is 13.1 Å². The van der Waals surface area contributed by atoms with Crippen molar-refractivity contribution in [2.75, 3.05) is 6.54 Å². The zero-order valence-electron chi connectivity index (χ0n) is 15.3. The van der Waals surface area contributed by atoms with E-state index in [2.05, 4.69) is 103 Å². The molecule has 2 heteroatoms. The monoisotopic (exact) mass is 352 g/mol. The first kappa shape index (κ1) is 17.5. The molecule has 0 aliphatic rings. The third-order valence-corrected chi connectivity index (χ3v) is 5.02. The van der Waals surface area contributed by atoms with Gasteiger partial charge in [0.25, 0.3) is 0 Å². The van der Waals surface area contributed by atoms with Gasteiger partial charge in [0.1, 0.15) is 0 Å². The lowest BCUT2D eigenvalue weighted by Crippen LogP contribution is -2.34. The first-order chi connectivity index (χ1) is 13.3. The molecule has 4 rings (SSSR count). The van der Waals surface area contributed by atoms with Gasteiger partial charge in [0.05, 0.1) is 0 Å². The van der Waals surface area contributed by atoms with Crippen LogP contribution in [0.5, 0.6) is 0 Å². The molecule has 2 N–H and O–H groups in total. The van der Waals surface area contributed by atoms with Crippen LogP contribution in [-0.2, 0) is 6.54 Å². The highest BCUT2D eigenvalue weighted by atomic mass is 15.4. The van der Waals surface area contributed by atoms with Gasteiger partial charge in [-0.1, -0.05) is 97.1 Å². The number of hydrazine groups is 1. The van der Waals surface area contributed by atoms with E-state index in [-0.39, 0.29) is 5.92 Å². The lowest BCUT2D eigenvalue weighted by Gasteiger charge is -2.25. The fourth-order valence-corrected chi connectivity index (χ4v) is 3.64. The third-order valence-electron chi connectivity index (χ3n) is 5.02. The SMILES string of the molecule is NN(Cc1ccc2ccccc2c1)CC(c1ccccc1)c1ccccc1. The molecular formula is C25H24N2. The second-order valence-electron chi connectivity index (χ2n) is 6.98. The van der Waals surface area contributed by atoms with E-state index < -0.39 is 0 Å². The van der Waals surface area contributed by atoms with Gasteiger partial charge in [0, 0.05) is 19.0 Å². The van der Waals surface area contributed by atoms with Crippen LogP contribution < -0.4 is 5.84 Å². The summed E-state index contributed by atoms with van der Waals surface area (Å²) >= 11 is 0. The van der Waals surface area contributed by atoms with Crippen LogP contribution in [0.25, 0.3) is 10.8 Å². The second-order valence-corrected chi connectivity index (χ2v) is 6.98. The minimum atomic E-state index is 0.248. The summed E-state index contributed by atoms with van der Waals surface area (Å²) in [5.74, 6) is 6.71. The van der Waals surface area contributed by atoms with Crippen LogP contribution >= 0.6 is 0 Å². The van der Waals surface area contributed by atoms with Crippen LogP contribution in [0, 0.1) is 0 Å². The van der Waals surface area contributed by atoms with Crippen molar-refractivity contribution < 1.29 is 0 Å². The predicted molar refractivity (Wildman–Crippen MR) is 113 cm³/mol. The van der Waals surface area contributed by atoms with Crippen LogP contribution in [0.1, 0.15) is 22.6 Å². The molecule has 134 valence electrons. The minimum absolute atomic E-state index is 0.248. The van der Waals surface area contributed by atoms with Crippen LogP contribution in [0.4, 0.5) is 0 Å². The maximum atomic E-state index is 6.46. The van der Waals surface area contributed by atoms with Crippen LogP contribution in [0.3, 0.4) is 0 Å². The normalized spacial score (nSPS) is 11.4. The Morgan fingerprint density at radius 3 is 1.81 bits per heavy atom. The van der Waals surface area contributed by atoms with Gasteiger partial charge in [-0.25, -0.2) is 5.01 Å². The minimum Gasteiger partial charge on any atom is -0.268 e. The summed E-state index contributed by atoms with van der Waals surface area (Å²) < 4.78 is 0. The fraction of sp³-hybridized carbons (Fsp3) is 0.120. The van der Waals surface area contributed by atoms with Gasteiger partial charge in [-0.05, 0) is 33.5 Å². The van der Waals surface area contributed by atoms with E-state index in [1.165, 1.54) is 27.5 Å². The number of hydrogen-bond donors (Lipinski definition) is 1.